The lowest BCUT2D eigenvalue weighted by Gasteiger charge is -2.32. The molecule has 1 heterocycles. The third kappa shape index (κ3) is 3.48. The molecule has 4 nitrogen and oxygen atoms in total. The van der Waals surface area contributed by atoms with Crippen molar-refractivity contribution in [1.82, 2.24) is 4.90 Å². The first-order valence-corrected chi connectivity index (χ1v) is 7.30. The Morgan fingerprint density at radius 3 is 2.60 bits per heavy atom. The number of carbonyl (C=O) groups excluding carboxylic acids is 1. The van der Waals surface area contributed by atoms with Gasteiger partial charge in [-0.1, -0.05) is 12.1 Å². The molecule has 5 heteroatoms. The Morgan fingerprint density at radius 1 is 1.35 bits per heavy atom. The summed E-state index contributed by atoms with van der Waals surface area (Å²) in [4.78, 5) is 13.3. The number of hydrogen-bond acceptors (Lipinski definition) is 2. The van der Waals surface area contributed by atoms with E-state index in [0.717, 1.165) is 36.7 Å². The fourth-order valence-corrected chi connectivity index (χ4v) is 2.72. The summed E-state index contributed by atoms with van der Waals surface area (Å²) in [5.41, 5.74) is 8.76. The second-order valence-corrected chi connectivity index (χ2v) is 5.80. The van der Waals surface area contributed by atoms with Crippen LogP contribution in [-0.2, 0) is 4.79 Å². The molecule has 0 spiro atoms. The van der Waals surface area contributed by atoms with Gasteiger partial charge in [0.2, 0.25) is 5.91 Å². The van der Waals surface area contributed by atoms with Crippen LogP contribution in [0.4, 0.5) is 5.69 Å². The maximum Gasteiger partial charge on any atom is 0.220 e. The third-order valence-electron chi connectivity index (χ3n) is 3.82. The second kappa shape index (κ2) is 6.22. The Morgan fingerprint density at radius 2 is 2.00 bits per heavy atom. The van der Waals surface area contributed by atoms with Crippen molar-refractivity contribution in [2.75, 3.05) is 18.4 Å². The van der Waals surface area contributed by atoms with Gasteiger partial charge in [0, 0.05) is 24.7 Å². The Bertz CT molecular complexity index is 522. The molecule has 0 aromatic heterocycles. The van der Waals surface area contributed by atoms with Crippen molar-refractivity contribution in [2.24, 2.45) is 11.7 Å². The molecule has 2 rings (SSSR count). The number of nitrogens with one attached hydrogen (secondary N) is 1. The van der Waals surface area contributed by atoms with Crippen LogP contribution in [0, 0.1) is 19.8 Å². The maximum absolute atomic E-state index is 11.2. The molecule has 1 saturated heterocycles. The lowest BCUT2D eigenvalue weighted by Crippen LogP contribution is -2.43. The van der Waals surface area contributed by atoms with E-state index in [4.69, 9.17) is 18.0 Å². The molecule has 0 radical (unpaired) electrons. The average Bonchev–Trinajstić information content (AvgIpc) is 2.43. The van der Waals surface area contributed by atoms with Crippen molar-refractivity contribution in [1.29, 1.82) is 0 Å². The fourth-order valence-electron chi connectivity index (χ4n) is 2.43. The summed E-state index contributed by atoms with van der Waals surface area (Å²) in [5.74, 6) is -0.201. The molecule has 0 atom stereocenters. The number of rotatable bonds is 2. The lowest BCUT2D eigenvalue weighted by molar-refractivity contribution is -0.122. The first-order chi connectivity index (χ1) is 9.47. The van der Waals surface area contributed by atoms with Crippen LogP contribution in [0.2, 0.25) is 0 Å². The minimum absolute atomic E-state index is 0.00486. The van der Waals surface area contributed by atoms with E-state index >= 15 is 0 Å². The number of piperidine rings is 1. The number of aryl methyl sites for hydroxylation is 2. The van der Waals surface area contributed by atoms with E-state index in [1.165, 1.54) is 11.1 Å². The van der Waals surface area contributed by atoms with Crippen LogP contribution in [0.25, 0.3) is 0 Å². The van der Waals surface area contributed by atoms with Crippen LogP contribution >= 0.6 is 12.2 Å². The van der Waals surface area contributed by atoms with Gasteiger partial charge in [-0.15, -0.1) is 0 Å². The molecule has 0 saturated carbocycles. The molecule has 0 bridgehead atoms. The van der Waals surface area contributed by atoms with E-state index < -0.39 is 0 Å². The van der Waals surface area contributed by atoms with E-state index in [1.54, 1.807) is 0 Å². The van der Waals surface area contributed by atoms with Crippen LogP contribution in [0.3, 0.4) is 0 Å². The van der Waals surface area contributed by atoms with Crippen molar-refractivity contribution in [3.8, 4) is 0 Å². The Kier molecular flexibility index (Phi) is 4.60. The summed E-state index contributed by atoms with van der Waals surface area (Å²) in [6.45, 7) is 5.68. The quantitative estimate of drug-likeness (QED) is 0.820. The number of nitrogens with two attached hydrogens (primary N) is 1. The van der Waals surface area contributed by atoms with Gasteiger partial charge in [0.25, 0.3) is 0 Å². The summed E-state index contributed by atoms with van der Waals surface area (Å²) < 4.78 is 0. The smallest absolute Gasteiger partial charge is 0.220 e. The SMILES string of the molecule is Cc1ccc(C)c(NC(=S)N2CCC(C(N)=O)CC2)c1. The third-order valence-corrected chi connectivity index (χ3v) is 4.18. The van der Waals surface area contributed by atoms with E-state index in [2.05, 4.69) is 42.3 Å². The molecule has 1 aromatic carbocycles. The highest BCUT2D eigenvalue weighted by Crippen LogP contribution is 2.20. The second-order valence-electron chi connectivity index (χ2n) is 5.41. The summed E-state index contributed by atoms with van der Waals surface area (Å²) in [7, 11) is 0. The number of amides is 1. The molecular formula is C15H21N3OS. The standard InChI is InChI=1S/C15H21N3OS/c1-10-3-4-11(2)13(9-10)17-15(20)18-7-5-12(6-8-18)14(16)19/h3-4,9,12H,5-8H2,1-2H3,(H2,16,19)(H,17,20). The van der Waals surface area contributed by atoms with Crippen LogP contribution in [0.15, 0.2) is 18.2 Å². The summed E-state index contributed by atoms with van der Waals surface area (Å²) in [6.07, 6.45) is 1.56. The van der Waals surface area contributed by atoms with Crippen LogP contribution in [0.1, 0.15) is 24.0 Å². The van der Waals surface area contributed by atoms with Crippen LogP contribution in [-0.4, -0.2) is 29.0 Å². The van der Waals surface area contributed by atoms with E-state index in [9.17, 15) is 4.79 Å². The van der Waals surface area contributed by atoms with Crippen LogP contribution in [0.5, 0.6) is 0 Å². The molecule has 3 N–H and O–H groups in total. The lowest BCUT2D eigenvalue weighted by atomic mass is 9.97. The minimum atomic E-state index is -0.196. The molecule has 0 unspecified atom stereocenters. The van der Waals surface area contributed by atoms with Crippen molar-refractivity contribution >= 4 is 28.9 Å². The van der Waals surface area contributed by atoms with Gasteiger partial charge in [0.15, 0.2) is 5.11 Å². The highest BCUT2D eigenvalue weighted by Gasteiger charge is 2.24. The van der Waals surface area contributed by atoms with E-state index in [-0.39, 0.29) is 11.8 Å². The number of likely N-dealkylation sites (tertiary alicyclic amines) is 1. The predicted molar refractivity (Wildman–Crippen MR) is 85.6 cm³/mol. The molecule has 1 aliphatic rings. The van der Waals surface area contributed by atoms with Crippen LogP contribution < -0.4 is 11.1 Å². The van der Waals surface area contributed by atoms with Gasteiger partial charge in [-0.3, -0.25) is 4.79 Å². The molecule has 1 aromatic rings. The van der Waals surface area contributed by atoms with Gasteiger partial charge in [0.1, 0.15) is 0 Å². The Labute approximate surface area is 125 Å². The Balaban J connectivity index is 1.96. The average molecular weight is 291 g/mol. The first-order valence-electron chi connectivity index (χ1n) is 6.90. The van der Waals surface area contributed by atoms with Gasteiger partial charge in [-0.2, -0.15) is 0 Å². The summed E-state index contributed by atoms with van der Waals surface area (Å²) >= 11 is 5.46. The van der Waals surface area contributed by atoms with Crippen molar-refractivity contribution in [3.05, 3.63) is 29.3 Å². The number of nitrogens with zero attached hydrogens (tertiary/aromatic N) is 1. The zero-order valence-electron chi connectivity index (χ0n) is 12.0. The molecule has 0 aliphatic carbocycles. The van der Waals surface area contributed by atoms with Gasteiger partial charge in [-0.25, -0.2) is 0 Å². The highest BCUT2D eigenvalue weighted by atomic mass is 32.1. The van der Waals surface area contributed by atoms with Gasteiger partial charge in [0.05, 0.1) is 0 Å². The fraction of sp³-hybridized carbons (Fsp3) is 0.467. The van der Waals surface area contributed by atoms with Gasteiger partial charge < -0.3 is 16.0 Å². The van der Waals surface area contributed by atoms with Gasteiger partial charge in [-0.05, 0) is 56.1 Å². The van der Waals surface area contributed by atoms with E-state index in [0.29, 0.717) is 0 Å². The van der Waals surface area contributed by atoms with E-state index in [1.807, 2.05) is 0 Å². The predicted octanol–water partition coefficient (Wildman–Crippen LogP) is 2.20. The zero-order chi connectivity index (χ0) is 14.7. The topological polar surface area (TPSA) is 58.4 Å². The highest BCUT2D eigenvalue weighted by molar-refractivity contribution is 7.80. The number of thiocarbonyl (C=S) groups is 1. The van der Waals surface area contributed by atoms with Gasteiger partial charge >= 0.3 is 0 Å². The monoisotopic (exact) mass is 291 g/mol. The number of benzene rings is 1. The molecule has 1 amide bonds. The molecular weight excluding hydrogens is 270 g/mol. The number of anilines is 1. The number of hydrogen-bond donors (Lipinski definition) is 2. The molecule has 20 heavy (non-hydrogen) atoms. The summed E-state index contributed by atoms with van der Waals surface area (Å²) in [6, 6.07) is 6.26. The number of primary amides is 1. The normalized spacial score (nSPS) is 16.0. The first kappa shape index (κ1) is 14.8. The van der Waals surface area contributed by atoms with Crippen molar-refractivity contribution in [3.63, 3.8) is 0 Å². The van der Waals surface area contributed by atoms with Crippen molar-refractivity contribution < 1.29 is 4.79 Å². The Hall–Kier alpha value is -1.62. The largest absolute Gasteiger partial charge is 0.369 e. The summed E-state index contributed by atoms with van der Waals surface area (Å²) in [5, 5.41) is 4.03. The number of carbonyl (C=O) groups is 1. The van der Waals surface area contributed by atoms with Crippen molar-refractivity contribution in [2.45, 2.75) is 26.7 Å². The molecule has 1 fully saturated rings. The maximum atomic E-state index is 11.2. The zero-order valence-corrected chi connectivity index (χ0v) is 12.8. The minimum Gasteiger partial charge on any atom is -0.369 e. The molecule has 108 valence electrons. The molecule has 1 aliphatic heterocycles.